The van der Waals surface area contributed by atoms with Gasteiger partial charge >= 0.3 is 12.1 Å². The Morgan fingerprint density at radius 3 is 2.12 bits per heavy atom. The normalized spacial score (nSPS) is 15.5. The predicted octanol–water partition coefficient (Wildman–Crippen LogP) is 3.67. The van der Waals surface area contributed by atoms with Gasteiger partial charge in [0, 0.05) is 6.61 Å². The van der Waals surface area contributed by atoms with Gasteiger partial charge in [-0.15, -0.1) is 0 Å². The molecule has 0 unspecified atom stereocenters. The highest BCUT2D eigenvalue weighted by Gasteiger charge is 2.29. The number of esters is 1. The van der Waals surface area contributed by atoms with Crippen molar-refractivity contribution in [1.29, 1.82) is 0 Å². The third-order valence-electron chi connectivity index (χ3n) is 3.34. The summed E-state index contributed by atoms with van der Waals surface area (Å²) in [7, 11) is 0. The number of unbranched alkanes of at least 4 members (excludes halogenated alkanes) is 1. The number of hydrogen-bond acceptors (Lipinski definition) is 5. The second-order valence-corrected chi connectivity index (χ2v) is 7.44. The van der Waals surface area contributed by atoms with Crippen LogP contribution in [0.3, 0.4) is 0 Å². The molecule has 0 bridgehead atoms. The topological polar surface area (TPSA) is 73.9 Å². The van der Waals surface area contributed by atoms with Crippen molar-refractivity contribution < 1.29 is 23.8 Å². The SMILES string of the molecule is CCCCO[C@@H](C)[C@H](OC(=O)[C@H](C)NC(=O)OC(C)(C)C)C(C)C. The number of amides is 1. The fraction of sp³-hybridized carbons (Fsp3) is 0.889. The van der Waals surface area contributed by atoms with Gasteiger partial charge in [0.25, 0.3) is 0 Å². The molecule has 0 aliphatic carbocycles. The van der Waals surface area contributed by atoms with Crippen LogP contribution in [0.15, 0.2) is 0 Å². The van der Waals surface area contributed by atoms with Crippen molar-refractivity contribution in [1.82, 2.24) is 5.32 Å². The Bertz CT molecular complexity index is 389. The molecule has 0 radical (unpaired) electrons. The summed E-state index contributed by atoms with van der Waals surface area (Å²) in [5, 5.41) is 2.50. The lowest BCUT2D eigenvalue weighted by atomic mass is 10.0. The molecule has 0 rings (SSSR count). The van der Waals surface area contributed by atoms with E-state index in [2.05, 4.69) is 12.2 Å². The van der Waals surface area contributed by atoms with Crippen LogP contribution in [-0.4, -0.2) is 42.5 Å². The highest BCUT2D eigenvalue weighted by molar-refractivity contribution is 5.81. The molecule has 1 amide bonds. The molecule has 0 aromatic carbocycles. The van der Waals surface area contributed by atoms with Gasteiger partial charge in [0.1, 0.15) is 17.7 Å². The summed E-state index contributed by atoms with van der Waals surface area (Å²) in [5.74, 6) is -0.384. The molecule has 0 aromatic rings. The Labute approximate surface area is 146 Å². The van der Waals surface area contributed by atoms with E-state index in [0.717, 1.165) is 12.8 Å². The van der Waals surface area contributed by atoms with E-state index in [4.69, 9.17) is 14.2 Å². The fourth-order valence-corrected chi connectivity index (χ4v) is 2.06. The Balaban J connectivity index is 4.57. The maximum atomic E-state index is 12.2. The first kappa shape index (κ1) is 22.7. The predicted molar refractivity (Wildman–Crippen MR) is 93.9 cm³/mol. The number of nitrogens with one attached hydrogen (secondary N) is 1. The molecule has 0 heterocycles. The van der Waals surface area contributed by atoms with Crippen molar-refractivity contribution in [3.05, 3.63) is 0 Å². The summed E-state index contributed by atoms with van der Waals surface area (Å²) >= 11 is 0. The first-order chi connectivity index (χ1) is 11.0. The van der Waals surface area contributed by atoms with Crippen LogP contribution in [0.2, 0.25) is 0 Å². The minimum absolute atomic E-state index is 0.110. The molecule has 0 saturated heterocycles. The summed E-state index contributed by atoms with van der Waals surface area (Å²) in [6.45, 7) is 15.5. The maximum absolute atomic E-state index is 12.2. The van der Waals surface area contributed by atoms with E-state index in [-0.39, 0.29) is 18.1 Å². The molecule has 0 aliphatic rings. The van der Waals surface area contributed by atoms with Crippen LogP contribution in [-0.2, 0) is 19.0 Å². The average molecular weight is 345 g/mol. The van der Waals surface area contributed by atoms with E-state index in [1.807, 2.05) is 20.8 Å². The first-order valence-corrected chi connectivity index (χ1v) is 8.79. The summed E-state index contributed by atoms with van der Waals surface area (Å²) in [5.41, 5.74) is -0.615. The lowest BCUT2D eigenvalue weighted by molar-refractivity contribution is -0.162. The molecule has 1 N–H and O–H groups in total. The van der Waals surface area contributed by atoms with Crippen molar-refractivity contribution in [3.8, 4) is 0 Å². The highest BCUT2D eigenvalue weighted by Crippen LogP contribution is 2.16. The molecular formula is C18H35NO5. The lowest BCUT2D eigenvalue weighted by Gasteiger charge is -2.29. The standard InChI is InChI=1S/C18H35NO5/c1-9-10-11-22-14(5)15(12(2)3)23-16(20)13(4)19-17(21)24-18(6,7)8/h12-15H,9-11H2,1-8H3,(H,19,21)/t13-,14-,15+/m0/s1. The monoisotopic (exact) mass is 345 g/mol. The molecule has 6 heteroatoms. The maximum Gasteiger partial charge on any atom is 0.408 e. The van der Waals surface area contributed by atoms with E-state index in [9.17, 15) is 9.59 Å². The van der Waals surface area contributed by atoms with E-state index in [1.165, 1.54) is 0 Å². The van der Waals surface area contributed by atoms with Gasteiger partial charge in [0.05, 0.1) is 6.10 Å². The smallest absolute Gasteiger partial charge is 0.408 e. The van der Waals surface area contributed by atoms with Gasteiger partial charge in [-0.2, -0.15) is 0 Å². The molecule has 0 aromatic heterocycles. The number of carbonyl (C=O) groups excluding carboxylic acids is 2. The van der Waals surface area contributed by atoms with Gasteiger partial charge in [-0.1, -0.05) is 27.2 Å². The number of rotatable bonds is 9. The molecule has 6 nitrogen and oxygen atoms in total. The van der Waals surface area contributed by atoms with Gasteiger partial charge in [0.2, 0.25) is 0 Å². The number of carbonyl (C=O) groups is 2. The minimum atomic E-state index is -0.788. The molecule has 0 fully saturated rings. The molecule has 3 atom stereocenters. The highest BCUT2D eigenvalue weighted by atomic mass is 16.6. The van der Waals surface area contributed by atoms with Crippen LogP contribution >= 0.6 is 0 Å². The largest absolute Gasteiger partial charge is 0.458 e. The zero-order valence-electron chi connectivity index (χ0n) is 16.5. The second-order valence-electron chi connectivity index (χ2n) is 7.44. The Morgan fingerprint density at radius 2 is 1.67 bits per heavy atom. The van der Waals surface area contributed by atoms with Crippen LogP contribution in [0.4, 0.5) is 4.79 Å². The Morgan fingerprint density at radius 1 is 1.08 bits per heavy atom. The quantitative estimate of drug-likeness (QED) is 0.510. The van der Waals surface area contributed by atoms with Crippen LogP contribution in [0.25, 0.3) is 0 Å². The van der Waals surface area contributed by atoms with E-state index < -0.39 is 23.7 Å². The molecule has 0 saturated carbocycles. The van der Waals surface area contributed by atoms with E-state index in [0.29, 0.717) is 6.61 Å². The number of ether oxygens (including phenoxy) is 3. The zero-order valence-corrected chi connectivity index (χ0v) is 16.5. The van der Waals surface area contributed by atoms with Gasteiger partial charge in [-0.25, -0.2) is 9.59 Å². The Kier molecular flexibility index (Phi) is 9.97. The summed E-state index contributed by atoms with van der Waals surface area (Å²) in [6, 6.07) is -0.788. The van der Waals surface area contributed by atoms with Crippen molar-refractivity contribution >= 4 is 12.1 Å². The van der Waals surface area contributed by atoms with Crippen LogP contribution in [0.5, 0.6) is 0 Å². The molecular weight excluding hydrogens is 310 g/mol. The molecule has 24 heavy (non-hydrogen) atoms. The third kappa shape index (κ3) is 9.75. The van der Waals surface area contributed by atoms with Crippen molar-refractivity contribution in [3.63, 3.8) is 0 Å². The summed E-state index contributed by atoms with van der Waals surface area (Å²) < 4.78 is 16.4. The van der Waals surface area contributed by atoms with Crippen molar-refractivity contribution in [2.75, 3.05) is 6.61 Å². The Hall–Kier alpha value is -1.30. The first-order valence-electron chi connectivity index (χ1n) is 8.79. The number of hydrogen-bond donors (Lipinski definition) is 1. The second kappa shape index (κ2) is 10.5. The molecule has 0 spiro atoms. The van der Waals surface area contributed by atoms with E-state index in [1.54, 1.807) is 27.7 Å². The fourth-order valence-electron chi connectivity index (χ4n) is 2.06. The summed E-state index contributed by atoms with van der Waals surface area (Å²) in [4.78, 5) is 24.0. The van der Waals surface area contributed by atoms with Crippen molar-refractivity contribution in [2.24, 2.45) is 5.92 Å². The summed E-state index contributed by atoms with van der Waals surface area (Å²) in [6.07, 6.45) is 0.821. The van der Waals surface area contributed by atoms with Gasteiger partial charge in [-0.3, -0.25) is 0 Å². The van der Waals surface area contributed by atoms with Crippen molar-refractivity contribution in [2.45, 2.75) is 92.1 Å². The van der Waals surface area contributed by atoms with Gasteiger partial charge in [0.15, 0.2) is 0 Å². The van der Waals surface area contributed by atoms with Crippen LogP contribution in [0, 0.1) is 5.92 Å². The number of alkyl carbamates (subject to hydrolysis) is 1. The zero-order chi connectivity index (χ0) is 18.9. The van der Waals surface area contributed by atoms with Crippen LogP contribution in [0.1, 0.15) is 68.2 Å². The van der Waals surface area contributed by atoms with Gasteiger partial charge < -0.3 is 19.5 Å². The molecule has 142 valence electrons. The minimum Gasteiger partial charge on any atom is -0.458 e. The molecule has 0 aliphatic heterocycles. The lowest BCUT2D eigenvalue weighted by Crippen LogP contribution is -2.45. The van der Waals surface area contributed by atoms with E-state index >= 15 is 0 Å². The van der Waals surface area contributed by atoms with Crippen LogP contribution < -0.4 is 5.32 Å². The van der Waals surface area contributed by atoms with Gasteiger partial charge in [-0.05, 0) is 47.0 Å². The third-order valence-corrected chi connectivity index (χ3v) is 3.34. The average Bonchev–Trinajstić information content (AvgIpc) is 2.41.